The van der Waals surface area contributed by atoms with Crippen LogP contribution in [0.25, 0.3) is 78.5 Å². The molecule has 0 fully saturated rings. The summed E-state index contributed by atoms with van der Waals surface area (Å²) < 4.78 is 0. The Bertz CT molecular complexity index is 2210. The molecule has 3 heterocycles. The van der Waals surface area contributed by atoms with Crippen LogP contribution in [0.15, 0.2) is 146 Å². The maximum Gasteiger partial charge on any atom is 0.182 e. The first-order valence-corrected chi connectivity index (χ1v) is 14.4. The Morgan fingerprint density at radius 2 is 0.909 bits per heavy atom. The van der Waals surface area contributed by atoms with Crippen LogP contribution in [0, 0.1) is 0 Å². The van der Waals surface area contributed by atoms with E-state index in [0.29, 0.717) is 29.0 Å². The average molecular weight is 565 g/mol. The van der Waals surface area contributed by atoms with Crippen molar-refractivity contribution in [3.05, 3.63) is 146 Å². The number of rotatable bonds is 5. The molecule has 44 heavy (non-hydrogen) atoms. The summed E-state index contributed by atoms with van der Waals surface area (Å²) in [6.45, 7) is 0. The van der Waals surface area contributed by atoms with Crippen LogP contribution in [0.4, 0.5) is 0 Å². The fourth-order valence-corrected chi connectivity index (χ4v) is 5.51. The van der Waals surface area contributed by atoms with Gasteiger partial charge in [-0.2, -0.15) is 0 Å². The zero-order chi connectivity index (χ0) is 29.3. The molecule has 8 rings (SSSR count). The molecule has 6 nitrogen and oxygen atoms in total. The summed E-state index contributed by atoms with van der Waals surface area (Å²) in [4.78, 5) is 29.2. The lowest BCUT2D eigenvalue weighted by Gasteiger charge is -2.13. The van der Waals surface area contributed by atoms with Crippen molar-refractivity contribution in [2.75, 3.05) is 0 Å². The van der Waals surface area contributed by atoms with Crippen LogP contribution in [0.1, 0.15) is 0 Å². The van der Waals surface area contributed by atoms with Crippen molar-refractivity contribution in [2.45, 2.75) is 0 Å². The minimum atomic E-state index is 0.462. The molecule has 0 atom stereocenters. The molecule has 0 saturated heterocycles. The predicted octanol–water partition coefficient (Wildman–Crippen LogP) is 8.70. The first kappa shape index (κ1) is 25.6. The van der Waals surface area contributed by atoms with E-state index in [1.165, 1.54) is 10.8 Å². The molecule has 6 heteroatoms. The van der Waals surface area contributed by atoms with Gasteiger partial charge in [0.05, 0.1) is 5.69 Å². The number of pyridine rings is 1. The van der Waals surface area contributed by atoms with E-state index in [-0.39, 0.29) is 0 Å². The largest absolute Gasteiger partial charge is 0.264 e. The number of benzene rings is 5. The molecule has 0 N–H and O–H groups in total. The summed E-state index contributed by atoms with van der Waals surface area (Å²) in [6.07, 6.45) is 3.50. The molecule has 0 unspecified atom stereocenters. The van der Waals surface area contributed by atoms with Crippen molar-refractivity contribution in [3.63, 3.8) is 0 Å². The zero-order valence-corrected chi connectivity index (χ0v) is 23.5. The highest BCUT2D eigenvalue weighted by Crippen LogP contribution is 2.36. The smallest absolute Gasteiger partial charge is 0.182 e. The molecule has 0 spiro atoms. The van der Waals surface area contributed by atoms with E-state index in [2.05, 4.69) is 59.6 Å². The Hall–Kier alpha value is -6.14. The normalized spacial score (nSPS) is 11.2. The zero-order valence-electron chi connectivity index (χ0n) is 23.5. The highest BCUT2D eigenvalue weighted by atomic mass is 15.1. The van der Waals surface area contributed by atoms with E-state index >= 15 is 0 Å². The number of hydrogen-bond acceptors (Lipinski definition) is 6. The third kappa shape index (κ3) is 4.74. The molecule has 0 radical (unpaired) electrons. The summed E-state index contributed by atoms with van der Waals surface area (Å²) in [5.74, 6) is 2.15. The van der Waals surface area contributed by atoms with Crippen LogP contribution in [0.3, 0.4) is 0 Å². The number of fused-ring (bicyclic) bond motifs is 3. The molecular weight excluding hydrogens is 540 g/mol. The third-order valence-electron chi connectivity index (χ3n) is 7.62. The summed E-state index contributed by atoms with van der Waals surface area (Å²) in [6, 6.07) is 44.9. The predicted molar refractivity (Wildman–Crippen MR) is 175 cm³/mol. The van der Waals surface area contributed by atoms with Gasteiger partial charge in [0.2, 0.25) is 0 Å². The second-order valence-electron chi connectivity index (χ2n) is 10.4. The van der Waals surface area contributed by atoms with Crippen molar-refractivity contribution in [1.82, 2.24) is 29.9 Å². The van der Waals surface area contributed by atoms with Crippen molar-refractivity contribution in [2.24, 2.45) is 0 Å². The monoisotopic (exact) mass is 564 g/mol. The molecule has 8 aromatic rings. The second kappa shape index (κ2) is 10.9. The standard InChI is InChI=1S/C38H24N6/c1-3-12-25(13-4-1)35-40-33(32-22-27-16-7-8-18-29(27)30-19-9-10-20-31(30)32)23-34(41-35)38-43-36(26-14-5-2-6-15-26)42-37(44-38)28-17-11-21-39-24-28/h1-24H. The Kier molecular flexibility index (Phi) is 6.35. The number of hydrogen-bond donors (Lipinski definition) is 0. The van der Waals surface area contributed by atoms with Gasteiger partial charge in [0.25, 0.3) is 0 Å². The Morgan fingerprint density at radius 1 is 0.364 bits per heavy atom. The minimum absolute atomic E-state index is 0.462. The van der Waals surface area contributed by atoms with Gasteiger partial charge in [0.15, 0.2) is 23.3 Å². The van der Waals surface area contributed by atoms with Crippen molar-refractivity contribution >= 4 is 21.5 Å². The molecule has 3 aromatic heterocycles. The number of aromatic nitrogens is 6. The van der Waals surface area contributed by atoms with Gasteiger partial charge < -0.3 is 0 Å². The van der Waals surface area contributed by atoms with Crippen LogP contribution in [0.2, 0.25) is 0 Å². The molecular formula is C38H24N6. The Morgan fingerprint density at radius 3 is 1.61 bits per heavy atom. The Balaban J connectivity index is 1.41. The van der Waals surface area contributed by atoms with Crippen LogP contribution in [-0.2, 0) is 0 Å². The second-order valence-corrected chi connectivity index (χ2v) is 10.4. The summed E-state index contributed by atoms with van der Waals surface area (Å²) in [7, 11) is 0. The fourth-order valence-electron chi connectivity index (χ4n) is 5.51. The van der Waals surface area contributed by atoms with Gasteiger partial charge in [0, 0.05) is 34.6 Å². The van der Waals surface area contributed by atoms with Crippen molar-refractivity contribution in [3.8, 4) is 56.9 Å². The van der Waals surface area contributed by atoms with E-state index in [4.69, 9.17) is 24.9 Å². The SMILES string of the molecule is c1ccc(-c2nc(-c3nc(-c4ccccc4)nc(-c4cccnc4)n3)cc(-c3cc4ccccc4c4ccccc34)n2)cc1. The highest BCUT2D eigenvalue weighted by molar-refractivity contribution is 6.13. The average Bonchev–Trinajstić information content (AvgIpc) is 3.12. The van der Waals surface area contributed by atoms with Crippen LogP contribution >= 0.6 is 0 Å². The van der Waals surface area contributed by atoms with Gasteiger partial charge in [-0.1, -0.05) is 109 Å². The quantitative estimate of drug-likeness (QED) is 0.195. The summed E-state index contributed by atoms with van der Waals surface area (Å²) >= 11 is 0. The summed E-state index contributed by atoms with van der Waals surface area (Å²) in [5.41, 5.74) is 5.01. The molecule has 0 aliphatic carbocycles. The van der Waals surface area contributed by atoms with E-state index < -0.39 is 0 Å². The van der Waals surface area contributed by atoms with E-state index in [0.717, 1.165) is 38.7 Å². The summed E-state index contributed by atoms with van der Waals surface area (Å²) in [5, 5.41) is 4.64. The van der Waals surface area contributed by atoms with Gasteiger partial charge >= 0.3 is 0 Å². The maximum absolute atomic E-state index is 5.13. The van der Waals surface area contributed by atoms with Gasteiger partial charge in [-0.3, -0.25) is 4.98 Å². The highest BCUT2D eigenvalue weighted by Gasteiger charge is 2.18. The van der Waals surface area contributed by atoms with Crippen LogP contribution < -0.4 is 0 Å². The lowest BCUT2D eigenvalue weighted by atomic mass is 9.95. The molecule has 0 saturated carbocycles. The first-order chi connectivity index (χ1) is 21.8. The molecule has 5 aromatic carbocycles. The lowest BCUT2D eigenvalue weighted by molar-refractivity contribution is 1.05. The topological polar surface area (TPSA) is 77.3 Å². The lowest BCUT2D eigenvalue weighted by Crippen LogP contribution is -2.03. The van der Waals surface area contributed by atoms with Crippen LogP contribution in [-0.4, -0.2) is 29.9 Å². The first-order valence-electron chi connectivity index (χ1n) is 14.4. The van der Waals surface area contributed by atoms with Gasteiger partial charge in [-0.05, 0) is 45.8 Å². The molecule has 0 amide bonds. The van der Waals surface area contributed by atoms with Crippen molar-refractivity contribution in [1.29, 1.82) is 0 Å². The Labute approximate surface area is 253 Å². The van der Waals surface area contributed by atoms with Crippen molar-refractivity contribution < 1.29 is 0 Å². The van der Waals surface area contributed by atoms with Gasteiger partial charge in [0.1, 0.15) is 5.69 Å². The molecule has 0 aliphatic rings. The minimum Gasteiger partial charge on any atom is -0.264 e. The molecule has 0 aliphatic heterocycles. The van der Waals surface area contributed by atoms with Gasteiger partial charge in [-0.25, -0.2) is 24.9 Å². The maximum atomic E-state index is 5.13. The van der Waals surface area contributed by atoms with Gasteiger partial charge in [-0.15, -0.1) is 0 Å². The van der Waals surface area contributed by atoms with E-state index in [1.54, 1.807) is 12.4 Å². The molecule has 0 bridgehead atoms. The fraction of sp³-hybridized carbons (Fsp3) is 0. The van der Waals surface area contributed by atoms with E-state index in [9.17, 15) is 0 Å². The van der Waals surface area contributed by atoms with E-state index in [1.807, 2.05) is 78.9 Å². The third-order valence-corrected chi connectivity index (χ3v) is 7.62. The number of nitrogens with zero attached hydrogens (tertiary/aromatic N) is 6. The van der Waals surface area contributed by atoms with Crippen LogP contribution in [0.5, 0.6) is 0 Å². The molecule has 206 valence electrons.